The van der Waals surface area contributed by atoms with Crippen molar-refractivity contribution in [2.75, 3.05) is 20.2 Å². The van der Waals surface area contributed by atoms with Crippen molar-refractivity contribution in [3.05, 3.63) is 66.2 Å². The van der Waals surface area contributed by atoms with Gasteiger partial charge in [-0.15, -0.1) is 0 Å². The highest BCUT2D eigenvalue weighted by Gasteiger charge is 2.40. The molecule has 3 aromatic carbocycles. The Labute approximate surface area is 316 Å². The van der Waals surface area contributed by atoms with Crippen molar-refractivity contribution in [2.24, 2.45) is 16.6 Å². The number of benzene rings is 3. The van der Waals surface area contributed by atoms with Gasteiger partial charge in [-0.1, -0.05) is 59.7 Å². The van der Waals surface area contributed by atoms with Crippen LogP contribution in [0.5, 0.6) is 0 Å². The monoisotopic (exact) mass is 733 g/mol. The Bertz CT molecular complexity index is 2280. The van der Waals surface area contributed by atoms with E-state index in [1.165, 1.54) is 0 Å². The molecule has 1 aliphatic rings. The lowest BCUT2D eigenvalue weighted by molar-refractivity contribution is -0.141. The minimum atomic E-state index is -0.706. The molecule has 4 atom stereocenters. The van der Waals surface area contributed by atoms with Crippen LogP contribution in [0.4, 0.5) is 0 Å². The van der Waals surface area contributed by atoms with Crippen molar-refractivity contribution < 1.29 is 14.8 Å². The number of rotatable bonds is 12. The first kappa shape index (κ1) is 37.8. The summed E-state index contributed by atoms with van der Waals surface area (Å²) in [6.45, 7) is 13.8. The summed E-state index contributed by atoms with van der Waals surface area (Å²) < 4.78 is 0. The van der Waals surface area contributed by atoms with E-state index in [1.807, 2.05) is 31.7 Å². The van der Waals surface area contributed by atoms with Crippen LogP contribution in [0.2, 0.25) is 0 Å². The zero-order valence-electron chi connectivity index (χ0n) is 32.6. The van der Waals surface area contributed by atoms with Gasteiger partial charge in [0.25, 0.3) is 0 Å². The maximum Gasteiger partial charge on any atom is 0.243 e. The standard InChI is InChI=1S/C42H55N9O3/c1-41(2,3)34(50-54-7)23-26(10-8-20-43)38-45-32-19-18-30-28(36(32)47-38)15-17-29(44-30)25-12-14-27-24(22-25)13-16-31-35(27)48-39(46-31)33-11-9-21-51(33)40(52)37(49-53)42(4,5)6/h12-19,22,26,33-34,37,49-50,53H,8-11,20-21,23,43H2,1-7H3,(H,45,47)(H,46,48)/t26?,33-,34+,37+/m0/s1. The maximum atomic E-state index is 13.5. The largest absolute Gasteiger partial charge is 0.341 e. The molecule has 4 heterocycles. The molecule has 0 aliphatic carbocycles. The molecule has 0 radical (unpaired) electrons. The highest BCUT2D eigenvalue weighted by atomic mass is 16.6. The van der Waals surface area contributed by atoms with Crippen molar-refractivity contribution in [3.8, 4) is 11.3 Å². The molecule has 6 aromatic rings. The van der Waals surface area contributed by atoms with Crippen LogP contribution in [0.25, 0.3) is 55.0 Å². The van der Waals surface area contributed by atoms with Crippen LogP contribution >= 0.6 is 0 Å². The van der Waals surface area contributed by atoms with Crippen LogP contribution in [0, 0.1) is 10.8 Å². The number of nitrogens with two attached hydrogens (primary N) is 1. The first-order valence-electron chi connectivity index (χ1n) is 19.2. The van der Waals surface area contributed by atoms with Crippen molar-refractivity contribution in [1.29, 1.82) is 0 Å². The van der Waals surface area contributed by atoms with Crippen molar-refractivity contribution in [3.63, 3.8) is 0 Å². The Morgan fingerprint density at radius 1 is 0.944 bits per heavy atom. The van der Waals surface area contributed by atoms with E-state index in [4.69, 9.17) is 25.5 Å². The summed E-state index contributed by atoms with van der Waals surface area (Å²) in [5.41, 5.74) is 17.5. The predicted octanol–water partition coefficient (Wildman–Crippen LogP) is 7.64. The molecule has 1 amide bonds. The topological polar surface area (TPSA) is 170 Å². The Morgan fingerprint density at radius 2 is 1.67 bits per heavy atom. The smallest absolute Gasteiger partial charge is 0.243 e. The molecule has 1 saturated heterocycles. The summed E-state index contributed by atoms with van der Waals surface area (Å²) in [4.78, 5) is 43.2. The molecular weight excluding hydrogens is 679 g/mol. The molecule has 0 saturated carbocycles. The number of aromatic amines is 2. The summed E-state index contributed by atoms with van der Waals surface area (Å²) >= 11 is 0. The predicted molar refractivity (Wildman–Crippen MR) is 215 cm³/mol. The van der Waals surface area contributed by atoms with Gasteiger partial charge in [-0.25, -0.2) is 15.0 Å². The van der Waals surface area contributed by atoms with Gasteiger partial charge in [-0.05, 0) is 91.3 Å². The average Bonchev–Trinajstić information content (AvgIpc) is 3.90. The molecule has 1 aliphatic heterocycles. The second-order valence-electron chi connectivity index (χ2n) is 17.1. The molecule has 7 N–H and O–H groups in total. The summed E-state index contributed by atoms with van der Waals surface area (Å²) in [6.07, 6.45) is 4.41. The molecular formula is C42H55N9O3. The van der Waals surface area contributed by atoms with E-state index in [-0.39, 0.29) is 29.3 Å². The van der Waals surface area contributed by atoms with Crippen LogP contribution in [0.3, 0.4) is 0 Å². The molecule has 12 heteroatoms. The summed E-state index contributed by atoms with van der Waals surface area (Å²) in [5, 5.41) is 13.0. The molecule has 7 rings (SSSR count). The SMILES string of the molecule is CON[C@H](CC(CCCN)c1nc2ccc3nc(-c4ccc5c(ccc6nc([C@@H]7CCCN7C(=O)[C@@H](NO)C(C)(C)C)[nH]c65)c4)ccc3c2[nH]1)C(C)(C)C. The number of carbonyl (C=O) groups excluding carboxylic acids is 1. The summed E-state index contributed by atoms with van der Waals surface area (Å²) in [7, 11) is 1.67. The average molecular weight is 734 g/mol. The second kappa shape index (κ2) is 15.0. The minimum absolute atomic E-state index is 0.000513. The number of imidazole rings is 2. The molecule has 54 heavy (non-hydrogen) atoms. The van der Waals surface area contributed by atoms with Gasteiger partial charge in [0, 0.05) is 34.8 Å². The van der Waals surface area contributed by atoms with E-state index in [1.54, 1.807) is 7.11 Å². The number of hydroxylamine groups is 2. The number of hydrogen-bond donors (Lipinski definition) is 6. The van der Waals surface area contributed by atoms with E-state index in [2.05, 4.69) is 90.2 Å². The number of H-pyrrole nitrogens is 2. The highest BCUT2D eigenvalue weighted by molar-refractivity contribution is 6.06. The van der Waals surface area contributed by atoms with Gasteiger partial charge in [0.15, 0.2) is 0 Å². The van der Waals surface area contributed by atoms with Crippen LogP contribution in [0.1, 0.15) is 97.3 Å². The quantitative estimate of drug-likeness (QED) is 0.0692. The third kappa shape index (κ3) is 7.33. The Hall–Kier alpha value is -4.46. The fraction of sp³-hybridized carbons (Fsp3) is 0.476. The third-order valence-corrected chi connectivity index (χ3v) is 11.2. The number of nitrogens with one attached hydrogen (secondary N) is 4. The van der Waals surface area contributed by atoms with E-state index in [0.717, 1.165) is 98.8 Å². The van der Waals surface area contributed by atoms with Gasteiger partial charge in [-0.3, -0.25) is 4.79 Å². The molecule has 3 aromatic heterocycles. The highest BCUT2D eigenvalue weighted by Crippen LogP contribution is 2.37. The van der Waals surface area contributed by atoms with Gasteiger partial charge in [-0.2, -0.15) is 11.0 Å². The number of nitrogens with zero attached hydrogens (tertiary/aromatic N) is 4. The number of fused-ring (bicyclic) bond motifs is 6. The Balaban J connectivity index is 1.17. The van der Waals surface area contributed by atoms with Gasteiger partial charge in [0.2, 0.25) is 5.91 Å². The lowest BCUT2D eigenvalue weighted by Crippen LogP contribution is -2.51. The first-order chi connectivity index (χ1) is 25.8. The molecule has 286 valence electrons. The van der Waals surface area contributed by atoms with Gasteiger partial charge >= 0.3 is 0 Å². The van der Waals surface area contributed by atoms with E-state index in [9.17, 15) is 10.0 Å². The third-order valence-electron chi connectivity index (χ3n) is 11.2. The van der Waals surface area contributed by atoms with Crippen LogP contribution in [0.15, 0.2) is 54.6 Å². The van der Waals surface area contributed by atoms with Gasteiger partial charge in [0.1, 0.15) is 17.7 Å². The molecule has 0 spiro atoms. The first-order valence-corrected chi connectivity index (χ1v) is 19.2. The normalized spacial score (nSPS) is 17.3. The zero-order chi connectivity index (χ0) is 38.4. The molecule has 12 nitrogen and oxygen atoms in total. The van der Waals surface area contributed by atoms with E-state index >= 15 is 0 Å². The van der Waals surface area contributed by atoms with Crippen LogP contribution in [-0.4, -0.2) is 73.2 Å². The number of aromatic nitrogens is 5. The number of likely N-dealkylation sites (tertiary alicyclic amines) is 1. The van der Waals surface area contributed by atoms with Gasteiger partial charge in [0.05, 0.1) is 46.4 Å². The Kier molecular flexibility index (Phi) is 10.5. The number of carbonyl (C=O) groups is 1. The fourth-order valence-corrected chi connectivity index (χ4v) is 8.04. The molecule has 1 unspecified atom stereocenters. The molecule has 0 bridgehead atoms. The van der Waals surface area contributed by atoms with Gasteiger partial charge < -0.3 is 30.6 Å². The minimum Gasteiger partial charge on any atom is -0.341 e. The van der Waals surface area contributed by atoms with E-state index < -0.39 is 11.5 Å². The van der Waals surface area contributed by atoms with Crippen LogP contribution < -0.4 is 16.7 Å². The molecule has 1 fully saturated rings. The zero-order valence-corrected chi connectivity index (χ0v) is 32.6. The lowest BCUT2D eigenvalue weighted by Gasteiger charge is -2.33. The number of amides is 1. The number of hydrogen-bond acceptors (Lipinski definition) is 9. The Morgan fingerprint density at radius 3 is 2.39 bits per heavy atom. The summed E-state index contributed by atoms with van der Waals surface area (Å²) in [5.74, 6) is 1.81. The van der Waals surface area contributed by atoms with Crippen molar-refractivity contribution in [2.45, 2.75) is 97.7 Å². The number of pyridine rings is 1. The van der Waals surface area contributed by atoms with E-state index in [0.29, 0.717) is 13.1 Å². The van der Waals surface area contributed by atoms with Crippen molar-refractivity contribution >= 4 is 49.6 Å². The second-order valence-corrected chi connectivity index (χ2v) is 17.1. The lowest BCUT2D eigenvalue weighted by atomic mass is 9.80. The van der Waals surface area contributed by atoms with Crippen molar-refractivity contribution in [1.82, 2.24) is 40.8 Å². The maximum absolute atomic E-state index is 13.5. The summed E-state index contributed by atoms with van der Waals surface area (Å²) in [6, 6.07) is 18.1. The fourth-order valence-electron chi connectivity index (χ4n) is 8.04. The van der Waals surface area contributed by atoms with Crippen LogP contribution in [-0.2, 0) is 9.63 Å².